The van der Waals surface area contributed by atoms with Gasteiger partial charge in [0.1, 0.15) is 4.90 Å². The molecule has 9 heteroatoms. The highest BCUT2D eigenvalue weighted by Crippen LogP contribution is 2.30. The molecule has 2 aromatic carbocycles. The smallest absolute Gasteiger partial charge is 0.319 e. The number of para-hydroxylation sites is 1. The first-order chi connectivity index (χ1) is 13.9. The molecule has 0 spiro atoms. The fraction of sp³-hybridized carbons (Fsp3) is 0.150. The Morgan fingerprint density at radius 3 is 2.55 bits per heavy atom. The number of carbonyl (C=O) groups excluding carboxylic acids is 1. The largest absolute Gasteiger partial charge is 0.472 e. The molecule has 29 heavy (non-hydrogen) atoms. The van der Waals surface area contributed by atoms with Crippen LogP contribution in [0.15, 0.2) is 76.4 Å². The van der Waals surface area contributed by atoms with Crippen molar-refractivity contribution in [1.29, 1.82) is 0 Å². The summed E-state index contributed by atoms with van der Waals surface area (Å²) in [7, 11) is -3.92. The Bertz CT molecular complexity index is 1070. The Morgan fingerprint density at radius 1 is 1.14 bits per heavy atom. The molecular weight excluding hydrogens is 414 g/mol. The number of halogens is 1. The molecule has 0 saturated carbocycles. The van der Waals surface area contributed by atoms with Crippen LogP contribution in [-0.2, 0) is 16.6 Å². The highest BCUT2D eigenvalue weighted by molar-refractivity contribution is 7.93. The van der Waals surface area contributed by atoms with Gasteiger partial charge in [-0.1, -0.05) is 29.8 Å². The summed E-state index contributed by atoms with van der Waals surface area (Å²) in [6, 6.07) is 14.3. The molecule has 2 amide bonds. The van der Waals surface area contributed by atoms with Crippen molar-refractivity contribution in [3.63, 3.8) is 0 Å². The third-order valence-electron chi connectivity index (χ3n) is 4.12. The van der Waals surface area contributed by atoms with Crippen molar-refractivity contribution in [3.05, 3.63) is 77.7 Å². The number of nitrogens with one attached hydrogen (secondary N) is 2. The minimum absolute atomic E-state index is 0.0729. The molecule has 0 atom stereocenters. The lowest BCUT2D eigenvalue weighted by molar-refractivity contribution is 0.251. The van der Waals surface area contributed by atoms with Gasteiger partial charge in [-0.25, -0.2) is 13.2 Å². The summed E-state index contributed by atoms with van der Waals surface area (Å²) in [5, 5.41) is 5.35. The van der Waals surface area contributed by atoms with E-state index >= 15 is 0 Å². The van der Waals surface area contributed by atoms with Crippen LogP contribution in [0.4, 0.5) is 16.2 Å². The van der Waals surface area contributed by atoms with Crippen molar-refractivity contribution in [2.45, 2.75) is 18.4 Å². The fourth-order valence-corrected chi connectivity index (χ4v) is 4.71. The Morgan fingerprint density at radius 2 is 1.90 bits per heavy atom. The van der Waals surface area contributed by atoms with Gasteiger partial charge in [-0.2, -0.15) is 0 Å². The maximum absolute atomic E-state index is 13.2. The van der Waals surface area contributed by atoms with Crippen LogP contribution in [0.5, 0.6) is 0 Å². The lowest BCUT2D eigenvalue weighted by Gasteiger charge is -2.23. The number of rotatable bonds is 7. The average Bonchev–Trinajstić information content (AvgIpc) is 3.23. The predicted octanol–water partition coefficient (Wildman–Crippen LogP) is 4.47. The molecule has 3 rings (SSSR count). The molecule has 0 aliphatic heterocycles. The van der Waals surface area contributed by atoms with E-state index in [-0.39, 0.29) is 23.0 Å². The summed E-state index contributed by atoms with van der Waals surface area (Å²) in [5.41, 5.74) is 1.64. The van der Waals surface area contributed by atoms with Gasteiger partial charge in [0.2, 0.25) is 0 Å². The Labute approximate surface area is 174 Å². The molecule has 0 unspecified atom stereocenters. The highest BCUT2D eigenvalue weighted by atomic mass is 35.5. The third-order valence-corrected chi connectivity index (χ3v) is 6.51. The molecule has 0 bridgehead atoms. The number of sulfonamides is 1. The van der Waals surface area contributed by atoms with E-state index in [0.717, 1.165) is 5.56 Å². The number of benzene rings is 2. The van der Waals surface area contributed by atoms with E-state index in [1.807, 2.05) is 6.07 Å². The van der Waals surface area contributed by atoms with Crippen LogP contribution in [0, 0.1) is 0 Å². The van der Waals surface area contributed by atoms with E-state index < -0.39 is 16.1 Å². The predicted molar refractivity (Wildman–Crippen MR) is 113 cm³/mol. The molecular formula is C20H20ClN3O4S. The van der Waals surface area contributed by atoms with Crippen molar-refractivity contribution in [2.75, 3.05) is 16.2 Å². The molecule has 7 nitrogen and oxygen atoms in total. The lowest BCUT2D eigenvalue weighted by atomic mass is 10.3. The number of urea groups is 1. The molecule has 1 aromatic heterocycles. The fourth-order valence-electron chi connectivity index (χ4n) is 2.73. The number of furan rings is 1. The van der Waals surface area contributed by atoms with Gasteiger partial charge in [-0.3, -0.25) is 4.31 Å². The van der Waals surface area contributed by atoms with Crippen LogP contribution in [0.25, 0.3) is 0 Å². The average molecular weight is 434 g/mol. The van der Waals surface area contributed by atoms with E-state index in [4.69, 9.17) is 16.0 Å². The SMILES string of the molecule is CCN(c1ccccc1)S(=O)(=O)c1cc(NC(=O)NCc2ccoc2)ccc1Cl. The maximum Gasteiger partial charge on any atom is 0.319 e. The van der Waals surface area contributed by atoms with Crippen LogP contribution in [0.2, 0.25) is 5.02 Å². The number of anilines is 2. The van der Waals surface area contributed by atoms with Crippen LogP contribution >= 0.6 is 11.6 Å². The molecule has 0 aliphatic carbocycles. The zero-order chi connectivity index (χ0) is 20.9. The van der Waals surface area contributed by atoms with E-state index in [1.165, 1.54) is 35.0 Å². The van der Waals surface area contributed by atoms with Crippen molar-refractivity contribution >= 4 is 39.0 Å². The first-order valence-electron chi connectivity index (χ1n) is 8.85. The number of hydrogen-bond donors (Lipinski definition) is 2. The van der Waals surface area contributed by atoms with E-state index in [1.54, 1.807) is 37.3 Å². The molecule has 1 heterocycles. The van der Waals surface area contributed by atoms with Crippen molar-refractivity contribution in [1.82, 2.24) is 5.32 Å². The molecule has 152 valence electrons. The van der Waals surface area contributed by atoms with Gasteiger partial charge < -0.3 is 15.1 Å². The van der Waals surface area contributed by atoms with Crippen LogP contribution in [0.1, 0.15) is 12.5 Å². The second-order valence-electron chi connectivity index (χ2n) is 6.09. The van der Waals surface area contributed by atoms with Gasteiger partial charge in [-0.05, 0) is 43.3 Å². The number of nitrogens with zero attached hydrogens (tertiary/aromatic N) is 1. The van der Waals surface area contributed by atoms with Crippen molar-refractivity contribution in [3.8, 4) is 0 Å². The van der Waals surface area contributed by atoms with E-state index in [2.05, 4.69) is 10.6 Å². The second-order valence-corrected chi connectivity index (χ2v) is 8.33. The topological polar surface area (TPSA) is 91.7 Å². The van der Waals surface area contributed by atoms with E-state index in [0.29, 0.717) is 11.4 Å². The molecule has 3 aromatic rings. The summed E-state index contributed by atoms with van der Waals surface area (Å²) in [5.74, 6) is 0. The monoisotopic (exact) mass is 433 g/mol. The van der Waals surface area contributed by atoms with Crippen molar-refractivity contribution in [2.24, 2.45) is 0 Å². The van der Waals surface area contributed by atoms with Gasteiger partial charge in [0, 0.05) is 24.3 Å². The number of hydrogen-bond acceptors (Lipinski definition) is 4. The summed E-state index contributed by atoms with van der Waals surface area (Å²) >= 11 is 6.19. The normalized spacial score (nSPS) is 11.1. The molecule has 2 N–H and O–H groups in total. The summed E-state index contributed by atoms with van der Waals surface area (Å²) in [6.45, 7) is 2.24. The van der Waals surface area contributed by atoms with Crippen LogP contribution in [-0.4, -0.2) is 21.0 Å². The third kappa shape index (κ3) is 4.90. The number of amides is 2. The zero-order valence-electron chi connectivity index (χ0n) is 15.6. The first kappa shape index (κ1) is 20.8. The van der Waals surface area contributed by atoms with Gasteiger partial charge in [-0.15, -0.1) is 0 Å². The maximum atomic E-state index is 13.2. The van der Waals surface area contributed by atoms with Gasteiger partial charge >= 0.3 is 6.03 Å². The molecule has 0 aliphatic rings. The Balaban J connectivity index is 1.81. The van der Waals surface area contributed by atoms with Gasteiger partial charge in [0.05, 0.1) is 23.2 Å². The standard InChI is InChI=1S/C20H20ClN3O4S/c1-2-24(17-6-4-3-5-7-17)29(26,27)19-12-16(8-9-18(19)21)23-20(25)22-13-15-10-11-28-14-15/h3-12,14H,2,13H2,1H3,(H2,22,23,25). The zero-order valence-corrected chi connectivity index (χ0v) is 17.2. The highest BCUT2D eigenvalue weighted by Gasteiger charge is 2.26. The minimum atomic E-state index is -3.92. The quantitative estimate of drug-likeness (QED) is 0.575. The Kier molecular flexibility index (Phi) is 6.46. The minimum Gasteiger partial charge on any atom is -0.472 e. The summed E-state index contributed by atoms with van der Waals surface area (Å²) < 4.78 is 32.6. The first-order valence-corrected chi connectivity index (χ1v) is 10.7. The molecule has 0 saturated heterocycles. The summed E-state index contributed by atoms with van der Waals surface area (Å²) in [6.07, 6.45) is 3.04. The van der Waals surface area contributed by atoms with Crippen molar-refractivity contribution < 1.29 is 17.6 Å². The van der Waals surface area contributed by atoms with Gasteiger partial charge in [0.25, 0.3) is 10.0 Å². The van der Waals surface area contributed by atoms with Crippen LogP contribution in [0.3, 0.4) is 0 Å². The second kappa shape index (κ2) is 9.02. The summed E-state index contributed by atoms with van der Waals surface area (Å²) in [4.78, 5) is 12.0. The van der Waals surface area contributed by atoms with E-state index in [9.17, 15) is 13.2 Å². The van der Waals surface area contributed by atoms with Crippen LogP contribution < -0.4 is 14.9 Å². The number of carbonyl (C=O) groups is 1. The molecule has 0 radical (unpaired) electrons. The lowest BCUT2D eigenvalue weighted by Crippen LogP contribution is -2.31. The van der Waals surface area contributed by atoms with Gasteiger partial charge in [0.15, 0.2) is 0 Å². The molecule has 0 fully saturated rings. The Hall–Kier alpha value is -2.97.